The number of halogens is 1. The second-order valence-electron chi connectivity index (χ2n) is 4.22. The number of nitriles is 1. The molecular weight excluding hydrogens is 235 g/mol. The van der Waals surface area contributed by atoms with Crippen LogP contribution in [0.3, 0.4) is 0 Å². The molecule has 1 aromatic carbocycles. The number of amides is 1. The van der Waals surface area contributed by atoms with E-state index in [0.29, 0.717) is 13.2 Å². The summed E-state index contributed by atoms with van der Waals surface area (Å²) in [7, 11) is 0. The number of rotatable bonds is 1. The number of aryl methyl sites for hydroxylation is 1. The summed E-state index contributed by atoms with van der Waals surface area (Å²) in [5.74, 6) is -0.926. The summed E-state index contributed by atoms with van der Waals surface area (Å²) in [6.45, 7) is 2.66. The Morgan fingerprint density at radius 3 is 3.11 bits per heavy atom. The Kier molecular flexibility index (Phi) is 3.58. The van der Waals surface area contributed by atoms with E-state index >= 15 is 0 Å². The fraction of sp³-hybridized carbons (Fsp3) is 0.385. The molecule has 0 radical (unpaired) electrons. The molecule has 1 aliphatic heterocycles. The maximum Gasteiger partial charge on any atom is 0.257 e. The highest BCUT2D eigenvalue weighted by atomic mass is 19.1. The number of hydrogen-bond acceptors (Lipinski definition) is 3. The second kappa shape index (κ2) is 5.15. The van der Waals surface area contributed by atoms with E-state index < -0.39 is 11.9 Å². The summed E-state index contributed by atoms with van der Waals surface area (Å²) in [6, 6.07) is 6.38. The lowest BCUT2D eigenvalue weighted by molar-refractivity contribution is 0.00326. The molecule has 1 amide bonds. The summed E-state index contributed by atoms with van der Waals surface area (Å²) in [6.07, 6.45) is -0.629. The Morgan fingerprint density at radius 1 is 1.61 bits per heavy atom. The van der Waals surface area contributed by atoms with Gasteiger partial charge in [0.1, 0.15) is 5.82 Å². The molecule has 1 aromatic rings. The number of ether oxygens (including phenoxy) is 1. The summed E-state index contributed by atoms with van der Waals surface area (Å²) < 4.78 is 18.8. The molecule has 0 aliphatic carbocycles. The summed E-state index contributed by atoms with van der Waals surface area (Å²) in [5.41, 5.74) is 0.874. The minimum absolute atomic E-state index is 0.0496. The van der Waals surface area contributed by atoms with Crippen LogP contribution in [0, 0.1) is 24.1 Å². The highest BCUT2D eigenvalue weighted by molar-refractivity contribution is 5.94. The van der Waals surface area contributed by atoms with E-state index in [1.807, 2.05) is 6.07 Å². The van der Waals surface area contributed by atoms with E-state index in [1.165, 1.54) is 17.0 Å². The van der Waals surface area contributed by atoms with Crippen molar-refractivity contribution >= 4 is 5.91 Å². The number of nitrogens with zero attached hydrogens (tertiary/aromatic N) is 2. The number of benzene rings is 1. The highest BCUT2D eigenvalue weighted by Gasteiger charge is 2.26. The molecular formula is C13H13FN2O2. The van der Waals surface area contributed by atoms with Gasteiger partial charge < -0.3 is 9.64 Å². The summed E-state index contributed by atoms with van der Waals surface area (Å²) in [4.78, 5) is 13.6. The first-order valence-electron chi connectivity index (χ1n) is 5.68. The first-order valence-corrected chi connectivity index (χ1v) is 5.68. The van der Waals surface area contributed by atoms with E-state index in [1.54, 1.807) is 13.0 Å². The lowest BCUT2D eigenvalue weighted by atomic mass is 10.1. The highest BCUT2D eigenvalue weighted by Crippen LogP contribution is 2.15. The zero-order chi connectivity index (χ0) is 13.1. The molecule has 0 aromatic heterocycles. The van der Waals surface area contributed by atoms with Gasteiger partial charge in [-0.05, 0) is 19.1 Å². The lowest BCUT2D eigenvalue weighted by Crippen LogP contribution is -2.45. The van der Waals surface area contributed by atoms with E-state index in [0.717, 1.165) is 5.56 Å². The van der Waals surface area contributed by atoms with Crippen LogP contribution in [0.25, 0.3) is 0 Å². The summed E-state index contributed by atoms with van der Waals surface area (Å²) >= 11 is 0. The van der Waals surface area contributed by atoms with Crippen molar-refractivity contribution in [2.45, 2.75) is 13.0 Å². The van der Waals surface area contributed by atoms with Crippen LogP contribution < -0.4 is 0 Å². The predicted molar refractivity (Wildman–Crippen MR) is 62.4 cm³/mol. The van der Waals surface area contributed by atoms with E-state index in [4.69, 9.17) is 10.00 Å². The standard InChI is InChI=1S/C13H13FN2O2/c1-9-2-3-12(14)11(6-9)13(17)16-4-5-18-10(7-15)8-16/h2-3,6,10H,4-5,8H2,1H3. The molecule has 0 saturated carbocycles. The fourth-order valence-corrected chi connectivity index (χ4v) is 1.89. The van der Waals surface area contributed by atoms with Gasteiger partial charge in [0.05, 0.1) is 24.8 Å². The maximum atomic E-state index is 13.6. The van der Waals surface area contributed by atoms with Crippen molar-refractivity contribution in [1.82, 2.24) is 4.90 Å². The molecule has 94 valence electrons. The first kappa shape index (κ1) is 12.5. The monoisotopic (exact) mass is 248 g/mol. The summed E-state index contributed by atoms with van der Waals surface area (Å²) in [5, 5.41) is 8.77. The van der Waals surface area contributed by atoms with Crippen LogP contribution >= 0.6 is 0 Å². The molecule has 18 heavy (non-hydrogen) atoms. The van der Waals surface area contributed by atoms with Gasteiger partial charge in [-0.1, -0.05) is 11.6 Å². The van der Waals surface area contributed by atoms with Gasteiger partial charge in [0.25, 0.3) is 5.91 Å². The molecule has 1 aliphatic rings. The molecule has 1 fully saturated rings. The van der Waals surface area contributed by atoms with Gasteiger partial charge in [-0.15, -0.1) is 0 Å². The van der Waals surface area contributed by atoms with Gasteiger partial charge in [-0.3, -0.25) is 4.79 Å². The Balaban J connectivity index is 2.21. The quantitative estimate of drug-likeness (QED) is 0.756. The molecule has 1 unspecified atom stereocenters. The molecule has 0 spiro atoms. The van der Waals surface area contributed by atoms with Crippen LogP contribution in [0.2, 0.25) is 0 Å². The molecule has 1 saturated heterocycles. The van der Waals surface area contributed by atoms with Crippen LogP contribution in [0.4, 0.5) is 4.39 Å². The zero-order valence-electron chi connectivity index (χ0n) is 10.0. The van der Waals surface area contributed by atoms with Crippen molar-refractivity contribution in [2.24, 2.45) is 0 Å². The first-order chi connectivity index (χ1) is 8.61. The minimum atomic E-state index is -0.629. The van der Waals surface area contributed by atoms with E-state index in [9.17, 15) is 9.18 Å². The SMILES string of the molecule is Cc1ccc(F)c(C(=O)N2CCOC(C#N)C2)c1. The van der Waals surface area contributed by atoms with Crippen molar-refractivity contribution in [3.8, 4) is 6.07 Å². The molecule has 5 heteroatoms. The lowest BCUT2D eigenvalue weighted by Gasteiger charge is -2.29. The largest absolute Gasteiger partial charge is 0.360 e. The maximum absolute atomic E-state index is 13.6. The van der Waals surface area contributed by atoms with Crippen molar-refractivity contribution in [3.05, 3.63) is 35.1 Å². The third kappa shape index (κ3) is 2.49. The van der Waals surface area contributed by atoms with Gasteiger partial charge in [0.15, 0.2) is 6.10 Å². The predicted octanol–water partition coefficient (Wildman–Crippen LogP) is 1.50. The zero-order valence-corrected chi connectivity index (χ0v) is 10.0. The Hall–Kier alpha value is -1.93. The van der Waals surface area contributed by atoms with Gasteiger partial charge in [-0.2, -0.15) is 5.26 Å². The average molecular weight is 248 g/mol. The molecule has 4 nitrogen and oxygen atoms in total. The van der Waals surface area contributed by atoms with Crippen molar-refractivity contribution in [3.63, 3.8) is 0 Å². The minimum Gasteiger partial charge on any atom is -0.360 e. The van der Waals surface area contributed by atoms with Crippen LogP contribution in [0.1, 0.15) is 15.9 Å². The third-order valence-electron chi connectivity index (χ3n) is 2.85. The van der Waals surface area contributed by atoms with Crippen molar-refractivity contribution in [1.29, 1.82) is 5.26 Å². The normalized spacial score (nSPS) is 19.4. The Labute approximate surface area is 105 Å². The topological polar surface area (TPSA) is 53.3 Å². The van der Waals surface area contributed by atoms with Crippen molar-refractivity contribution < 1.29 is 13.9 Å². The van der Waals surface area contributed by atoms with E-state index in [-0.39, 0.29) is 18.0 Å². The number of carbonyl (C=O) groups is 1. The number of morpholine rings is 1. The average Bonchev–Trinajstić information content (AvgIpc) is 2.41. The third-order valence-corrected chi connectivity index (χ3v) is 2.85. The Morgan fingerprint density at radius 2 is 2.39 bits per heavy atom. The van der Waals surface area contributed by atoms with E-state index in [2.05, 4.69) is 0 Å². The fourth-order valence-electron chi connectivity index (χ4n) is 1.89. The smallest absolute Gasteiger partial charge is 0.257 e. The van der Waals surface area contributed by atoms with Gasteiger partial charge in [0.2, 0.25) is 0 Å². The van der Waals surface area contributed by atoms with Gasteiger partial charge in [0, 0.05) is 6.54 Å². The molecule has 1 atom stereocenters. The molecule has 1 heterocycles. The van der Waals surface area contributed by atoms with Crippen LogP contribution in [-0.4, -0.2) is 36.6 Å². The van der Waals surface area contributed by atoms with Crippen molar-refractivity contribution in [2.75, 3.05) is 19.7 Å². The van der Waals surface area contributed by atoms with Gasteiger partial charge in [-0.25, -0.2) is 4.39 Å². The molecule has 0 bridgehead atoms. The Bertz CT molecular complexity index is 510. The molecule has 2 rings (SSSR count). The number of hydrogen-bond donors (Lipinski definition) is 0. The molecule has 0 N–H and O–H groups in total. The number of carbonyl (C=O) groups excluding carboxylic acids is 1. The second-order valence-corrected chi connectivity index (χ2v) is 4.22. The van der Waals surface area contributed by atoms with Crippen LogP contribution in [0.15, 0.2) is 18.2 Å². The van der Waals surface area contributed by atoms with Crippen LogP contribution in [0.5, 0.6) is 0 Å². The van der Waals surface area contributed by atoms with Gasteiger partial charge >= 0.3 is 0 Å². The van der Waals surface area contributed by atoms with Crippen LogP contribution in [-0.2, 0) is 4.74 Å².